The highest BCUT2D eigenvalue weighted by molar-refractivity contribution is 7.15. The molecule has 110 valence electrons. The van der Waals surface area contributed by atoms with Crippen LogP contribution in [0, 0.1) is 0 Å². The van der Waals surface area contributed by atoms with Gasteiger partial charge in [0.2, 0.25) is 0 Å². The molecule has 1 aromatic heterocycles. The molecule has 0 amide bonds. The number of hydrogen-bond acceptors (Lipinski definition) is 5. The van der Waals surface area contributed by atoms with Crippen LogP contribution >= 0.6 is 11.3 Å². The van der Waals surface area contributed by atoms with Crippen LogP contribution < -0.4 is 5.46 Å². The predicted molar refractivity (Wildman–Crippen MR) is 80.8 cm³/mol. The van der Waals surface area contributed by atoms with E-state index in [1.165, 1.54) is 18.4 Å². The Hall–Kier alpha value is -0.845. The van der Waals surface area contributed by atoms with Gasteiger partial charge < -0.3 is 14.0 Å². The number of rotatable bonds is 3. The van der Waals surface area contributed by atoms with Crippen molar-refractivity contribution in [2.45, 2.75) is 52.2 Å². The Morgan fingerprint density at radius 2 is 1.85 bits per heavy atom. The molecule has 1 fully saturated rings. The summed E-state index contributed by atoms with van der Waals surface area (Å²) in [5.74, 6) is -0.313. The maximum atomic E-state index is 11.7. The molecule has 1 aromatic rings. The van der Waals surface area contributed by atoms with Gasteiger partial charge in [0.05, 0.1) is 18.3 Å². The zero-order valence-electron chi connectivity index (χ0n) is 12.9. The Kier molecular flexibility index (Phi) is 4.02. The van der Waals surface area contributed by atoms with Crippen LogP contribution in [-0.4, -0.2) is 31.4 Å². The number of thiophene rings is 1. The molecule has 4 nitrogen and oxygen atoms in total. The summed E-state index contributed by atoms with van der Waals surface area (Å²) in [6.45, 7) is 10.1. The van der Waals surface area contributed by atoms with Crippen LogP contribution in [0.1, 0.15) is 49.2 Å². The quantitative estimate of drug-likeness (QED) is 0.634. The van der Waals surface area contributed by atoms with Gasteiger partial charge >= 0.3 is 13.1 Å². The molecule has 6 heteroatoms. The van der Waals surface area contributed by atoms with E-state index in [0.29, 0.717) is 4.88 Å². The molecule has 1 aliphatic heterocycles. The Labute approximate surface area is 124 Å². The van der Waals surface area contributed by atoms with Gasteiger partial charge in [0.15, 0.2) is 0 Å². The molecule has 0 aliphatic carbocycles. The maximum Gasteiger partial charge on any atom is 0.496 e. The minimum Gasteiger partial charge on any atom is -0.465 e. The van der Waals surface area contributed by atoms with E-state index in [9.17, 15) is 4.79 Å². The molecule has 0 spiro atoms. The SMILES string of the molecule is CCc1sc(C(=O)OC)cc1B1OC(C)(C)C(C)(C)O1. The molecular formula is C14H21BO4S. The Morgan fingerprint density at radius 1 is 1.30 bits per heavy atom. The fraction of sp³-hybridized carbons (Fsp3) is 0.643. The van der Waals surface area contributed by atoms with Crippen molar-refractivity contribution in [2.75, 3.05) is 7.11 Å². The fourth-order valence-corrected chi connectivity index (χ4v) is 3.13. The summed E-state index contributed by atoms with van der Waals surface area (Å²) >= 11 is 1.44. The van der Waals surface area contributed by atoms with E-state index in [2.05, 4.69) is 6.92 Å². The van der Waals surface area contributed by atoms with E-state index in [4.69, 9.17) is 14.0 Å². The second-order valence-electron chi connectivity index (χ2n) is 5.92. The normalized spacial score (nSPS) is 20.2. The lowest BCUT2D eigenvalue weighted by Gasteiger charge is -2.32. The zero-order valence-corrected chi connectivity index (χ0v) is 13.7. The molecule has 1 aliphatic rings. The number of esters is 1. The van der Waals surface area contributed by atoms with Crippen molar-refractivity contribution in [3.05, 3.63) is 15.8 Å². The van der Waals surface area contributed by atoms with Crippen molar-refractivity contribution in [1.29, 1.82) is 0 Å². The van der Waals surface area contributed by atoms with Gasteiger partial charge in [-0.2, -0.15) is 0 Å². The Balaban J connectivity index is 2.34. The van der Waals surface area contributed by atoms with E-state index < -0.39 is 7.12 Å². The van der Waals surface area contributed by atoms with E-state index in [0.717, 1.165) is 16.8 Å². The Morgan fingerprint density at radius 3 is 2.30 bits per heavy atom. The first kappa shape index (κ1) is 15.5. The van der Waals surface area contributed by atoms with E-state index >= 15 is 0 Å². The van der Waals surface area contributed by atoms with Crippen molar-refractivity contribution in [1.82, 2.24) is 0 Å². The summed E-state index contributed by atoms with van der Waals surface area (Å²) in [7, 11) is 0.965. The summed E-state index contributed by atoms with van der Waals surface area (Å²) in [6.07, 6.45) is 0.834. The number of carbonyl (C=O) groups excluding carboxylic acids is 1. The van der Waals surface area contributed by atoms with Crippen LogP contribution in [0.25, 0.3) is 0 Å². The van der Waals surface area contributed by atoms with Crippen LogP contribution in [0.4, 0.5) is 0 Å². The van der Waals surface area contributed by atoms with E-state index in [-0.39, 0.29) is 17.2 Å². The van der Waals surface area contributed by atoms with Gasteiger partial charge in [-0.1, -0.05) is 6.92 Å². The third-order valence-corrected chi connectivity index (χ3v) is 5.33. The highest BCUT2D eigenvalue weighted by Crippen LogP contribution is 2.37. The summed E-state index contributed by atoms with van der Waals surface area (Å²) in [5.41, 5.74) is 0.183. The lowest BCUT2D eigenvalue weighted by atomic mass is 9.78. The van der Waals surface area contributed by atoms with Crippen molar-refractivity contribution in [3.8, 4) is 0 Å². The second kappa shape index (κ2) is 5.17. The molecule has 2 heterocycles. The summed E-state index contributed by atoms with van der Waals surface area (Å²) in [4.78, 5) is 13.4. The highest BCUT2D eigenvalue weighted by atomic mass is 32.1. The second-order valence-corrected chi connectivity index (χ2v) is 7.06. The average Bonchev–Trinajstić information content (AvgIpc) is 2.88. The van der Waals surface area contributed by atoms with Crippen LogP contribution in [0.3, 0.4) is 0 Å². The molecule has 1 saturated heterocycles. The lowest BCUT2D eigenvalue weighted by Crippen LogP contribution is -2.41. The van der Waals surface area contributed by atoms with Gasteiger partial charge in [-0.15, -0.1) is 11.3 Å². The summed E-state index contributed by atoms with van der Waals surface area (Å²) in [5, 5.41) is 0. The number of hydrogen-bond donors (Lipinski definition) is 0. The minimum atomic E-state index is -0.426. The third-order valence-electron chi connectivity index (χ3n) is 4.06. The highest BCUT2D eigenvalue weighted by Gasteiger charge is 2.52. The van der Waals surface area contributed by atoms with Gasteiger partial charge in [-0.3, -0.25) is 0 Å². The Bertz CT molecular complexity index is 505. The van der Waals surface area contributed by atoms with Crippen molar-refractivity contribution in [2.24, 2.45) is 0 Å². The molecule has 0 radical (unpaired) electrons. The van der Waals surface area contributed by atoms with Gasteiger partial charge in [0.1, 0.15) is 4.88 Å². The fourth-order valence-electron chi connectivity index (χ4n) is 2.09. The maximum absolute atomic E-state index is 11.7. The summed E-state index contributed by atoms with van der Waals surface area (Å²) in [6, 6.07) is 1.83. The molecular weight excluding hydrogens is 275 g/mol. The largest absolute Gasteiger partial charge is 0.496 e. The first-order valence-electron chi connectivity index (χ1n) is 6.78. The monoisotopic (exact) mass is 296 g/mol. The van der Waals surface area contributed by atoms with Crippen LogP contribution in [0.15, 0.2) is 6.07 Å². The van der Waals surface area contributed by atoms with Gasteiger partial charge in [0.25, 0.3) is 0 Å². The lowest BCUT2D eigenvalue weighted by molar-refractivity contribution is 0.00578. The van der Waals surface area contributed by atoms with Crippen molar-refractivity contribution < 1.29 is 18.8 Å². The third kappa shape index (κ3) is 2.52. The van der Waals surface area contributed by atoms with Crippen molar-refractivity contribution >= 4 is 29.9 Å². The molecule has 20 heavy (non-hydrogen) atoms. The molecule has 0 atom stereocenters. The first-order valence-corrected chi connectivity index (χ1v) is 7.60. The molecule has 0 unspecified atom stereocenters. The van der Waals surface area contributed by atoms with Gasteiger partial charge in [0, 0.05) is 4.88 Å². The van der Waals surface area contributed by atoms with Crippen molar-refractivity contribution in [3.63, 3.8) is 0 Å². The first-order chi connectivity index (χ1) is 9.21. The van der Waals surface area contributed by atoms with Crippen LogP contribution in [0.2, 0.25) is 0 Å². The molecule has 0 N–H and O–H groups in total. The standard InChI is InChI=1S/C14H21BO4S/c1-7-10-9(8-11(20-10)12(16)17-6)15-18-13(2,3)14(4,5)19-15/h8H,7H2,1-6H3. The number of methoxy groups -OCH3 is 1. The molecule has 0 saturated carbocycles. The molecule has 0 aromatic carbocycles. The molecule has 0 bridgehead atoms. The average molecular weight is 296 g/mol. The number of carbonyl (C=O) groups is 1. The number of aryl methyl sites for hydroxylation is 1. The molecule has 2 rings (SSSR count). The zero-order chi connectivity index (χ0) is 15.1. The van der Waals surface area contributed by atoms with E-state index in [1.807, 2.05) is 33.8 Å². The van der Waals surface area contributed by atoms with Gasteiger partial charge in [-0.25, -0.2) is 4.79 Å². The minimum absolute atomic E-state index is 0.313. The summed E-state index contributed by atoms with van der Waals surface area (Å²) < 4.78 is 16.9. The smallest absolute Gasteiger partial charge is 0.465 e. The van der Waals surface area contributed by atoms with Gasteiger partial charge in [-0.05, 0) is 45.6 Å². The topological polar surface area (TPSA) is 44.8 Å². The van der Waals surface area contributed by atoms with Crippen LogP contribution in [-0.2, 0) is 20.5 Å². The number of ether oxygens (including phenoxy) is 1. The van der Waals surface area contributed by atoms with Crippen LogP contribution in [0.5, 0.6) is 0 Å². The predicted octanol–water partition coefficient (Wildman–Crippen LogP) is 2.40. The van der Waals surface area contributed by atoms with E-state index in [1.54, 1.807) is 0 Å².